The van der Waals surface area contributed by atoms with E-state index in [0.717, 1.165) is 11.4 Å². The van der Waals surface area contributed by atoms with Crippen LogP contribution in [0, 0.1) is 11.3 Å². The Hall–Kier alpha value is -2.63. The van der Waals surface area contributed by atoms with Crippen LogP contribution >= 0.6 is 0 Å². The van der Waals surface area contributed by atoms with Gasteiger partial charge in [0.05, 0.1) is 17.9 Å². The van der Waals surface area contributed by atoms with Crippen molar-refractivity contribution in [1.29, 1.82) is 0 Å². The Labute approximate surface area is 180 Å². The standard InChI is InChI=1S/C24H36N4O2/c1-17(2)15-27(22(30)24(6,7)8)16-21(29)25-20-14-19(23(3,4)5)26-28(20)18-12-10-9-11-13-18/h9-14,17H,15-16H2,1-8H3,(H,25,29). The molecule has 0 fully saturated rings. The van der Waals surface area contributed by atoms with Gasteiger partial charge in [0.2, 0.25) is 11.8 Å². The molecule has 1 aromatic carbocycles. The molecule has 2 rings (SSSR count). The minimum atomic E-state index is -0.541. The van der Waals surface area contributed by atoms with Crippen molar-refractivity contribution < 1.29 is 9.59 Å². The Morgan fingerprint density at radius 2 is 1.67 bits per heavy atom. The number of para-hydroxylation sites is 1. The molecule has 1 N–H and O–H groups in total. The molecule has 0 aliphatic carbocycles. The molecule has 2 aromatic rings. The van der Waals surface area contributed by atoms with Crippen molar-refractivity contribution in [3.8, 4) is 5.69 Å². The van der Waals surface area contributed by atoms with E-state index in [0.29, 0.717) is 12.4 Å². The third-order valence-corrected chi connectivity index (χ3v) is 4.59. The maximum Gasteiger partial charge on any atom is 0.245 e. The highest BCUT2D eigenvalue weighted by Crippen LogP contribution is 2.26. The average molecular weight is 413 g/mol. The first kappa shape index (κ1) is 23.6. The van der Waals surface area contributed by atoms with E-state index in [-0.39, 0.29) is 29.7 Å². The van der Waals surface area contributed by atoms with E-state index in [4.69, 9.17) is 5.10 Å². The van der Waals surface area contributed by atoms with Crippen LogP contribution in [-0.4, -0.2) is 39.6 Å². The molecule has 164 valence electrons. The minimum Gasteiger partial charge on any atom is -0.333 e. The second-order valence-electron chi connectivity index (χ2n) is 10.3. The number of hydrogen-bond acceptors (Lipinski definition) is 3. The van der Waals surface area contributed by atoms with E-state index in [2.05, 4.69) is 26.1 Å². The number of carbonyl (C=O) groups is 2. The highest BCUT2D eigenvalue weighted by Gasteiger charge is 2.29. The summed E-state index contributed by atoms with van der Waals surface area (Å²) >= 11 is 0. The predicted octanol–water partition coefficient (Wildman–Crippen LogP) is 4.64. The zero-order valence-corrected chi connectivity index (χ0v) is 19.6. The summed E-state index contributed by atoms with van der Waals surface area (Å²) in [6, 6.07) is 11.6. The lowest BCUT2D eigenvalue weighted by molar-refractivity contribution is -0.142. The van der Waals surface area contributed by atoms with E-state index in [1.165, 1.54) is 0 Å². The zero-order valence-electron chi connectivity index (χ0n) is 19.6. The molecule has 0 spiro atoms. The summed E-state index contributed by atoms with van der Waals surface area (Å²) in [5, 5.41) is 7.71. The summed E-state index contributed by atoms with van der Waals surface area (Å²) in [6.45, 7) is 16.5. The Morgan fingerprint density at radius 1 is 1.07 bits per heavy atom. The third-order valence-electron chi connectivity index (χ3n) is 4.59. The van der Waals surface area contributed by atoms with Crippen molar-refractivity contribution in [3.05, 3.63) is 42.1 Å². The largest absolute Gasteiger partial charge is 0.333 e. The van der Waals surface area contributed by atoms with Gasteiger partial charge in [-0.15, -0.1) is 0 Å². The van der Waals surface area contributed by atoms with Crippen LogP contribution in [0.4, 0.5) is 5.82 Å². The molecule has 0 aliphatic rings. The van der Waals surface area contributed by atoms with E-state index in [1.54, 1.807) is 9.58 Å². The molecule has 6 heteroatoms. The molecule has 0 saturated heterocycles. The number of nitrogens with zero attached hydrogens (tertiary/aromatic N) is 3. The number of nitrogens with one attached hydrogen (secondary N) is 1. The van der Waals surface area contributed by atoms with E-state index in [9.17, 15) is 9.59 Å². The lowest BCUT2D eigenvalue weighted by Crippen LogP contribution is -2.45. The van der Waals surface area contributed by atoms with Gasteiger partial charge in [-0.1, -0.05) is 73.6 Å². The van der Waals surface area contributed by atoms with Gasteiger partial charge in [-0.05, 0) is 18.1 Å². The second-order valence-corrected chi connectivity index (χ2v) is 10.3. The van der Waals surface area contributed by atoms with Crippen LogP contribution in [0.3, 0.4) is 0 Å². The molecule has 0 radical (unpaired) electrons. The lowest BCUT2D eigenvalue weighted by Gasteiger charge is -2.30. The fourth-order valence-corrected chi connectivity index (χ4v) is 3.09. The van der Waals surface area contributed by atoms with Crippen LogP contribution in [0.1, 0.15) is 61.1 Å². The Balaban J connectivity index is 2.30. The van der Waals surface area contributed by atoms with Crippen LogP contribution in [0.5, 0.6) is 0 Å². The smallest absolute Gasteiger partial charge is 0.245 e. The summed E-state index contributed by atoms with van der Waals surface area (Å²) in [4.78, 5) is 27.4. The number of anilines is 1. The molecule has 2 amide bonds. The third kappa shape index (κ3) is 6.18. The topological polar surface area (TPSA) is 67.2 Å². The molecule has 30 heavy (non-hydrogen) atoms. The van der Waals surface area contributed by atoms with Crippen molar-refractivity contribution in [1.82, 2.24) is 14.7 Å². The maximum absolute atomic E-state index is 12.9. The van der Waals surface area contributed by atoms with Crippen molar-refractivity contribution in [3.63, 3.8) is 0 Å². The highest BCUT2D eigenvalue weighted by molar-refractivity contribution is 5.95. The Morgan fingerprint density at radius 3 is 2.17 bits per heavy atom. The molecule has 0 aliphatic heterocycles. The molecular formula is C24H36N4O2. The fraction of sp³-hybridized carbons (Fsp3) is 0.542. The molecule has 1 heterocycles. The quantitative estimate of drug-likeness (QED) is 0.752. The van der Waals surface area contributed by atoms with Gasteiger partial charge < -0.3 is 10.2 Å². The first-order chi connectivity index (χ1) is 13.8. The molecule has 0 bridgehead atoms. The van der Waals surface area contributed by atoms with Crippen LogP contribution < -0.4 is 5.32 Å². The number of aromatic nitrogens is 2. The van der Waals surface area contributed by atoms with Crippen molar-refractivity contribution in [2.45, 2.75) is 60.8 Å². The van der Waals surface area contributed by atoms with Crippen molar-refractivity contribution in [2.75, 3.05) is 18.4 Å². The monoisotopic (exact) mass is 412 g/mol. The van der Waals surface area contributed by atoms with Crippen LogP contribution in [-0.2, 0) is 15.0 Å². The summed E-state index contributed by atoms with van der Waals surface area (Å²) in [5.74, 6) is 0.611. The van der Waals surface area contributed by atoms with Gasteiger partial charge in [0.15, 0.2) is 0 Å². The van der Waals surface area contributed by atoms with E-state index < -0.39 is 5.41 Å². The average Bonchev–Trinajstić information content (AvgIpc) is 3.04. The van der Waals surface area contributed by atoms with Gasteiger partial charge in [-0.25, -0.2) is 4.68 Å². The van der Waals surface area contributed by atoms with Gasteiger partial charge >= 0.3 is 0 Å². The van der Waals surface area contributed by atoms with Crippen LogP contribution in [0.25, 0.3) is 5.69 Å². The van der Waals surface area contributed by atoms with Crippen LogP contribution in [0.2, 0.25) is 0 Å². The summed E-state index contributed by atoms with van der Waals surface area (Å²) in [6.07, 6.45) is 0. The van der Waals surface area contributed by atoms with Gasteiger partial charge in [-0.3, -0.25) is 9.59 Å². The SMILES string of the molecule is CC(C)CN(CC(=O)Nc1cc(C(C)(C)C)nn1-c1ccccc1)C(=O)C(C)(C)C. The van der Waals surface area contributed by atoms with Gasteiger partial charge in [0, 0.05) is 23.4 Å². The predicted molar refractivity (Wildman–Crippen MR) is 122 cm³/mol. The summed E-state index contributed by atoms with van der Waals surface area (Å²) < 4.78 is 1.75. The molecule has 0 saturated carbocycles. The van der Waals surface area contributed by atoms with Gasteiger partial charge in [0.25, 0.3) is 0 Å². The number of hydrogen-bond donors (Lipinski definition) is 1. The molecule has 6 nitrogen and oxygen atoms in total. The van der Waals surface area contributed by atoms with Crippen molar-refractivity contribution >= 4 is 17.6 Å². The van der Waals surface area contributed by atoms with Gasteiger partial charge in [0.1, 0.15) is 5.82 Å². The summed E-state index contributed by atoms with van der Waals surface area (Å²) in [7, 11) is 0. The second kappa shape index (κ2) is 9.02. The van der Waals surface area contributed by atoms with E-state index in [1.807, 2.05) is 71.0 Å². The Kier molecular flexibility index (Phi) is 7.11. The molecule has 0 atom stereocenters. The first-order valence-corrected chi connectivity index (χ1v) is 10.5. The lowest BCUT2D eigenvalue weighted by atomic mass is 9.92. The first-order valence-electron chi connectivity index (χ1n) is 10.5. The molecular weight excluding hydrogens is 376 g/mol. The highest BCUT2D eigenvalue weighted by atomic mass is 16.2. The number of benzene rings is 1. The van der Waals surface area contributed by atoms with E-state index >= 15 is 0 Å². The number of rotatable bonds is 6. The van der Waals surface area contributed by atoms with Crippen LogP contribution in [0.15, 0.2) is 36.4 Å². The minimum absolute atomic E-state index is 0.0130. The van der Waals surface area contributed by atoms with Gasteiger partial charge in [-0.2, -0.15) is 5.10 Å². The molecule has 0 unspecified atom stereocenters. The number of amides is 2. The Bertz CT molecular complexity index is 871. The normalized spacial score (nSPS) is 12.2. The summed E-state index contributed by atoms with van der Waals surface area (Å²) in [5.41, 5.74) is 1.05. The maximum atomic E-state index is 12.9. The number of carbonyl (C=O) groups excluding carboxylic acids is 2. The zero-order chi connectivity index (χ0) is 22.7. The van der Waals surface area contributed by atoms with Crippen molar-refractivity contribution in [2.24, 2.45) is 11.3 Å². The fourth-order valence-electron chi connectivity index (χ4n) is 3.09. The molecule has 1 aromatic heterocycles.